The van der Waals surface area contributed by atoms with Gasteiger partial charge in [-0.3, -0.25) is 14.5 Å². The summed E-state index contributed by atoms with van der Waals surface area (Å²) in [5.74, 6) is -0.550. The predicted octanol–water partition coefficient (Wildman–Crippen LogP) is 3.31. The van der Waals surface area contributed by atoms with Crippen LogP contribution in [0.4, 0.5) is 5.69 Å². The number of hydrogen-bond acceptors (Lipinski definition) is 3. The first-order valence-corrected chi connectivity index (χ1v) is 6.91. The van der Waals surface area contributed by atoms with Crippen LogP contribution < -0.4 is 5.32 Å². The summed E-state index contributed by atoms with van der Waals surface area (Å²) in [6.07, 6.45) is 0. The minimum Gasteiger partial charge on any atom is -0.367 e. The number of halogens is 1. The van der Waals surface area contributed by atoms with Gasteiger partial charge in [0.15, 0.2) is 0 Å². The molecule has 1 N–H and O–H groups in total. The van der Waals surface area contributed by atoms with E-state index >= 15 is 0 Å². The lowest BCUT2D eigenvalue weighted by Crippen LogP contribution is -2.34. The number of rotatable bonds is 3. The average Bonchev–Trinajstić information content (AvgIpc) is 2.73. The largest absolute Gasteiger partial charge is 0.367 e. The molecule has 0 aromatic heterocycles. The third-order valence-electron chi connectivity index (χ3n) is 3.57. The van der Waals surface area contributed by atoms with Gasteiger partial charge in [0.2, 0.25) is 0 Å². The van der Waals surface area contributed by atoms with E-state index in [2.05, 4.69) is 5.32 Å². The van der Waals surface area contributed by atoms with Crippen molar-refractivity contribution < 1.29 is 9.59 Å². The highest BCUT2D eigenvalue weighted by Crippen LogP contribution is 2.25. The minimum atomic E-state index is -0.275. The van der Waals surface area contributed by atoms with Crippen LogP contribution in [0.15, 0.2) is 42.5 Å². The summed E-state index contributed by atoms with van der Waals surface area (Å²) in [7, 11) is 0. The van der Waals surface area contributed by atoms with Gasteiger partial charge < -0.3 is 5.32 Å². The molecule has 1 aliphatic heterocycles. The second-order valence-electron chi connectivity index (χ2n) is 4.83. The fraction of sp³-hybridized carbons (Fsp3) is 0.125. The van der Waals surface area contributed by atoms with Gasteiger partial charge in [-0.25, -0.2) is 0 Å². The molecule has 1 heterocycles. The fourth-order valence-corrected chi connectivity index (χ4v) is 2.52. The van der Waals surface area contributed by atoms with E-state index in [-0.39, 0.29) is 18.5 Å². The Balaban J connectivity index is 1.80. The number of anilines is 1. The zero-order valence-corrected chi connectivity index (χ0v) is 12.1. The number of benzene rings is 2. The van der Waals surface area contributed by atoms with Crippen LogP contribution in [0.5, 0.6) is 0 Å². The van der Waals surface area contributed by atoms with Crippen molar-refractivity contribution in [2.24, 2.45) is 0 Å². The molecule has 0 aliphatic carbocycles. The van der Waals surface area contributed by atoms with Crippen LogP contribution in [-0.2, 0) is 0 Å². The van der Waals surface area contributed by atoms with Crippen LogP contribution in [0.1, 0.15) is 26.3 Å². The maximum atomic E-state index is 12.2. The van der Waals surface area contributed by atoms with E-state index in [1.54, 1.807) is 30.3 Å². The molecular formula is C16H13ClN2O2. The third kappa shape index (κ3) is 2.28. The predicted molar refractivity (Wildman–Crippen MR) is 81.6 cm³/mol. The summed E-state index contributed by atoms with van der Waals surface area (Å²) in [5, 5.41) is 3.73. The molecule has 0 atom stereocenters. The monoisotopic (exact) mass is 300 g/mol. The van der Waals surface area contributed by atoms with Crippen LogP contribution in [0.2, 0.25) is 5.02 Å². The lowest BCUT2D eigenvalue weighted by atomic mass is 10.1. The summed E-state index contributed by atoms with van der Waals surface area (Å²) < 4.78 is 0. The molecule has 0 spiro atoms. The van der Waals surface area contributed by atoms with E-state index in [4.69, 9.17) is 11.6 Å². The second-order valence-corrected chi connectivity index (χ2v) is 5.24. The van der Waals surface area contributed by atoms with Gasteiger partial charge in [0.25, 0.3) is 11.8 Å². The summed E-state index contributed by atoms with van der Waals surface area (Å²) in [4.78, 5) is 25.6. The smallest absolute Gasteiger partial charge is 0.263 e. The third-order valence-corrected chi connectivity index (χ3v) is 3.98. The van der Waals surface area contributed by atoms with Crippen LogP contribution >= 0.6 is 11.6 Å². The minimum absolute atomic E-state index is 0.119. The van der Waals surface area contributed by atoms with Crippen molar-refractivity contribution in [3.05, 3.63) is 64.2 Å². The van der Waals surface area contributed by atoms with Gasteiger partial charge in [-0.1, -0.05) is 29.8 Å². The molecule has 4 nitrogen and oxygen atoms in total. The van der Waals surface area contributed by atoms with E-state index in [0.717, 1.165) is 11.3 Å². The van der Waals surface area contributed by atoms with Gasteiger partial charge in [-0.05, 0) is 36.8 Å². The van der Waals surface area contributed by atoms with E-state index in [1.165, 1.54) is 4.90 Å². The molecule has 0 radical (unpaired) electrons. The maximum Gasteiger partial charge on any atom is 0.263 e. The van der Waals surface area contributed by atoms with Gasteiger partial charge >= 0.3 is 0 Å². The highest BCUT2D eigenvalue weighted by Gasteiger charge is 2.34. The molecule has 0 unspecified atom stereocenters. The first kappa shape index (κ1) is 13.6. The quantitative estimate of drug-likeness (QED) is 0.885. The van der Waals surface area contributed by atoms with Crippen molar-refractivity contribution >= 4 is 29.1 Å². The van der Waals surface area contributed by atoms with E-state index in [9.17, 15) is 9.59 Å². The number of amides is 2. The van der Waals surface area contributed by atoms with Crippen molar-refractivity contribution in [2.75, 3.05) is 12.0 Å². The standard InChI is InChI=1S/C16H13ClN2O2/c1-10-13(17)7-4-8-14(10)18-9-19-15(20)11-5-2-3-6-12(11)16(19)21/h2-8,18H,9H2,1H3. The fourth-order valence-electron chi connectivity index (χ4n) is 2.35. The van der Waals surface area contributed by atoms with Crippen LogP contribution in [0, 0.1) is 6.92 Å². The summed E-state index contributed by atoms with van der Waals surface area (Å²) in [5.41, 5.74) is 2.59. The zero-order chi connectivity index (χ0) is 15.0. The number of nitrogens with zero attached hydrogens (tertiary/aromatic N) is 1. The molecule has 3 rings (SSSR count). The maximum absolute atomic E-state index is 12.2. The number of imide groups is 1. The molecule has 5 heteroatoms. The van der Waals surface area contributed by atoms with Crippen molar-refractivity contribution in [1.29, 1.82) is 0 Å². The highest BCUT2D eigenvalue weighted by molar-refractivity contribution is 6.31. The SMILES string of the molecule is Cc1c(Cl)cccc1NCN1C(=O)c2ccccc2C1=O. The van der Waals surface area contributed by atoms with E-state index in [0.29, 0.717) is 16.1 Å². The molecular weight excluding hydrogens is 288 g/mol. The second kappa shape index (κ2) is 5.22. The Morgan fingerprint density at radius 3 is 2.24 bits per heavy atom. The molecule has 106 valence electrons. The Labute approximate surface area is 127 Å². The van der Waals surface area contributed by atoms with Gasteiger partial charge in [0.1, 0.15) is 0 Å². The summed E-state index contributed by atoms with van der Waals surface area (Å²) in [6, 6.07) is 12.3. The van der Waals surface area contributed by atoms with E-state index < -0.39 is 0 Å². The molecule has 0 saturated carbocycles. The lowest BCUT2D eigenvalue weighted by Gasteiger charge is -2.17. The summed E-state index contributed by atoms with van der Waals surface area (Å²) >= 11 is 6.05. The van der Waals surface area contributed by atoms with Gasteiger partial charge in [-0.2, -0.15) is 0 Å². The van der Waals surface area contributed by atoms with Crippen molar-refractivity contribution in [3.8, 4) is 0 Å². The molecule has 21 heavy (non-hydrogen) atoms. The molecule has 0 fully saturated rings. The molecule has 1 aliphatic rings. The van der Waals surface area contributed by atoms with Crippen LogP contribution in [0.25, 0.3) is 0 Å². The van der Waals surface area contributed by atoms with Gasteiger partial charge in [0, 0.05) is 10.7 Å². The van der Waals surface area contributed by atoms with Crippen LogP contribution in [0.3, 0.4) is 0 Å². The molecule has 2 aromatic carbocycles. The molecule has 2 aromatic rings. The normalized spacial score (nSPS) is 13.5. The summed E-state index contributed by atoms with van der Waals surface area (Å²) in [6.45, 7) is 2.00. The highest BCUT2D eigenvalue weighted by atomic mass is 35.5. The van der Waals surface area contributed by atoms with Crippen molar-refractivity contribution in [3.63, 3.8) is 0 Å². The van der Waals surface area contributed by atoms with Crippen LogP contribution in [-0.4, -0.2) is 23.4 Å². The molecule has 2 amide bonds. The zero-order valence-electron chi connectivity index (χ0n) is 11.4. The van der Waals surface area contributed by atoms with E-state index in [1.807, 2.05) is 19.1 Å². The molecule has 0 bridgehead atoms. The Bertz CT molecular complexity index is 708. The number of nitrogens with one attached hydrogen (secondary N) is 1. The topological polar surface area (TPSA) is 49.4 Å². The number of carbonyl (C=O) groups excluding carboxylic acids is 2. The average molecular weight is 301 g/mol. The Morgan fingerprint density at radius 1 is 1.00 bits per heavy atom. The number of fused-ring (bicyclic) bond motifs is 1. The van der Waals surface area contributed by atoms with Crippen molar-refractivity contribution in [1.82, 2.24) is 4.90 Å². The molecule has 0 saturated heterocycles. The first-order valence-electron chi connectivity index (χ1n) is 6.54. The number of carbonyl (C=O) groups is 2. The Kier molecular flexibility index (Phi) is 3.39. The van der Waals surface area contributed by atoms with Crippen molar-refractivity contribution in [2.45, 2.75) is 6.92 Å². The lowest BCUT2D eigenvalue weighted by molar-refractivity contribution is 0.0666. The first-order chi connectivity index (χ1) is 10.1. The number of hydrogen-bond donors (Lipinski definition) is 1. The Morgan fingerprint density at radius 2 is 1.62 bits per heavy atom. The van der Waals surface area contributed by atoms with Gasteiger partial charge in [-0.15, -0.1) is 0 Å². The Hall–Kier alpha value is -2.33. The van der Waals surface area contributed by atoms with Gasteiger partial charge in [0.05, 0.1) is 17.8 Å².